The van der Waals surface area contributed by atoms with Crippen LogP contribution in [0.25, 0.3) is 0 Å². The second-order valence-corrected chi connectivity index (χ2v) is 9.15. The first-order valence-corrected chi connectivity index (χ1v) is 13.6. The molecular formula is C30H44O7. The van der Waals surface area contributed by atoms with Crippen molar-refractivity contribution in [2.75, 3.05) is 19.8 Å². The molecule has 206 valence electrons. The Balaban J connectivity index is 2.57. The SMILES string of the molecule is CCCCCCCCC(Cc1ccc(O)cc1)(OC(=O)c1ccc(O)cc1)C(OCC)(OCC)OCC. The van der Waals surface area contributed by atoms with Crippen molar-refractivity contribution in [1.29, 1.82) is 0 Å². The fourth-order valence-corrected chi connectivity index (χ4v) is 4.56. The summed E-state index contributed by atoms with van der Waals surface area (Å²) in [5, 5.41) is 19.5. The minimum Gasteiger partial charge on any atom is -0.508 e. The number of phenolic OH excluding ortho intramolecular Hbond substituents is 2. The summed E-state index contributed by atoms with van der Waals surface area (Å²) < 4.78 is 25.0. The number of phenols is 2. The highest BCUT2D eigenvalue weighted by molar-refractivity contribution is 5.89. The summed E-state index contributed by atoms with van der Waals surface area (Å²) in [5.74, 6) is -1.99. The number of benzene rings is 2. The molecule has 1 atom stereocenters. The van der Waals surface area contributed by atoms with Crippen LogP contribution in [0, 0.1) is 0 Å². The molecule has 0 bridgehead atoms. The van der Waals surface area contributed by atoms with E-state index in [1.807, 2.05) is 20.8 Å². The normalized spacial score (nSPS) is 13.3. The molecule has 1 unspecified atom stereocenters. The molecule has 2 N–H and O–H groups in total. The van der Waals surface area contributed by atoms with Gasteiger partial charge in [0.05, 0.1) is 5.56 Å². The van der Waals surface area contributed by atoms with Crippen molar-refractivity contribution in [3.63, 3.8) is 0 Å². The minimum absolute atomic E-state index is 0.0614. The molecule has 2 rings (SSSR count). The number of hydrogen-bond acceptors (Lipinski definition) is 7. The van der Waals surface area contributed by atoms with Crippen molar-refractivity contribution in [2.45, 2.75) is 90.6 Å². The van der Waals surface area contributed by atoms with E-state index in [1.54, 1.807) is 24.3 Å². The largest absolute Gasteiger partial charge is 0.508 e. The summed E-state index contributed by atoms with van der Waals surface area (Å²) in [6.45, 7) is 8.59. The molecular weight excluding hydrogens is 472 g/mol. The standard InChI is InChI=1S/C30H44O7/c1-5-9-10-11-12-13-22-29(23-24-14-18-26(31)19-15-24,30(34-6-2,35-7-3)36-8-4)37-28(33)25-16-20-27(32)21-17-25/h14-21,31-32H,5-13,22-23H2,1-4H3. The van der Waals surface area contributed by atoms with Gasteiger partial charge in [-0.15, -0.1) is 0 Å². The van der Waals surface area contributed by atoms with Gasteiger partial charge >= 0.3 is 11.9 Å². The lowest BCUT2D eigenvalue weighted by Crippen LogP contribution is -2.63. The molecule has 0 heterocycles. The van der Waals surface area contributed by atoms with Crippen LogP contribution in [0.15, 0.2) is 48.5 Å². The molecule has 0 spiro atoms. The Morgan fingerprint density at radius 2 is 1.19 bits per heavy atom. The van der Waals surface area contributed by atoms with E-state index >= 15 is 0 Å². The molecule has 0 saturated carbocycles. The average molecular weight is 517 g/mol. The Kier molecular flexibility index (Phi) is 12.9. The molecule has 0 aliphatic carbocycles. The molecule has 0 aromatic heterocycles. The van der Waals surface area contributed by atoms with Crippen LogP contribution in [0.3, 0.4) is 0 Å². The summed E-state index contributed by atoms with van der Waals surface area (Å²) in [5.41, 5.74) is -0.189. The molecule has 7 nitrogen and oxygen atoms in total. The fraction of sp³-hybridized carbons (Fsp3) is 0.567. The summed E-state index contributed by atoms with van der Waals surface area (Å²) in [6, 6.07) is 12.8. The van der Waals surface area contributed by atoms with E-state index in [9.17, 15) is 15.0 Å². The van der Waals surface area contributed by atoms with Crippen LogP contribution in [-0.2, 0) is 25.4 Å². The Morgan fingerprint density at radius 3 is 1.70 bits per heavy atom. The third-order valence-corrected chi connectivity index (χ3v) is 6.31. The highest BCUT2D eigenvalue weighted by atomic mass is 16.9. The van der Waals surface area contributed by atoms with Gasteiger partial charge in [0.1, 0.15) is 11.5 Å². The minimum atomic E-state index is -1.64. The molecule has 0 amide bonds. The van der Waals surface area contributed by atoms with Gasteiger partial charge in [-0.2, -0.15) is 0 Å². The Bertz CT molecular complexity index is 894. The molecule has 37 heavy (non-hydrogen) atoms. The molecule has 0 aliphatic rings. The van der Waals surface area contributed by atoms with Gasteiger partial charge in [0.2, 0.25) is 0 Å². The maximum atomic E-state index is 13.5. The first-order chi connectivity index (χ1) is 17.8. The number of aromatic hydroxyl groups is 2. The lowest BCUT2D eigenvalue weighted by Gasteiger charge is -2.47. The number of carbonyl (C=O) groups excluding carboxylic acids is 1. The van der Waals surface area contributed by atoms with Crippen molar-refractivity contribution < 1.29 is 34.0 Å². The van der Waals surface area contributed by atoms with Crippen LogP contribution >= 0.6 is 0 Å². The molecule has 0 fully saturated rings. The Labute approximate surface area is 221 Å². The van der Waals surface area contributed by atoms with Gasteiger partial charge in [-0.25, -0.2) is 4.79 Å². The van der Waals surface area contributed by atoms with E-state index in [4.69, 9.17) is 18.9 Å². The van der Waals surface area contributed by atoms with Crippen molar-refractivity contribution in [3.8, 4) is 11.5 Å². The van der Waals surface area contributed by atoms with Crippen molar-refractivity contribution in [2.24, 2.45) is 0 Å². The van der Waals surface area contributed by atoms with Crippen LogP contribution in [0.1, 0.15) is 88.6 Å². The highest BCUT2D eigenvalue weighted by Crippen LogP contribution is 2.41. The predicted molar refractivity (Wildman–Crippen MR) is 144 cm³/mol. The summed E-state index contributed by atoms with van der Waals surface area (Å²) >= 11 is 0. The number of ether oxygens (including phenoxy) is 4. The quantitative estimate of drug-likeness (QED) is 0.129. The molecule has 0 radical (unpaired) electrons. The fourth-order valence-electron chi connectivity index (χ4n) is 4.56. The zero-order valence-electron chi connectivity index (χ0n) is 22.8. The second kappa shape index (κ2) is 15.6. The van der Waals surface area contributed by atoms with Crippen molar-refractivity contribution >= 4 is 5.97 Å². The number of esters is 1. The Morgan fingerprint density at radius 1 is 0.703 bits per heavy atom. The van der Waals surface area contributed by atoms with Gasteiger partial charge in [-0.05, 0) is 75.6 Å². The summed E-state index contributed by atoms with van der Waals surface area (Å²) in [4.78, 5) is 13.5. The molecule has 2 aromatic rings. The molecule has 2 aromatic carbocycles. The van der Waals surface area contributed by atoms with Gasteiger partial charge in [-0.1, -0.05) is 51.2 Å². The smallest absolute Gasteiger partial charge is 0.338 e. The van der Waals surface area contributed by atoms with Gasteiger partial charge in [0, 0.05) is 26.2 Å². The predicted octanol–water partition coefficient (Wildman–Crippen LogP) is 6.75. The van der Waals surface area contributed by atoms with E-state index in [2.05, 4.69) is 6.92 Å². The molecule has 7 heteroatoms. The molecule has 0 saturated heterocycles. The summed E-state index contributed by atoms with van der Waals surface area (Å²) in [6.07, 6.45) is 7.04. The number of carbonyl (C=O) groups is 1. The van der Waals surface area contributed by atoms with E-state index in [-0.39, 0.29) is 37.7 Å². The van der Waals surface area contributed by atoms with E-state index < -0.39 is 17.5 Å². The maximum absolute atomic E-state index is 13.5. The number of hydrogen-bond donors (Lipinski definition) is 2. The maximum Gasteiger partial charge on any atom is 0.338 e. The third-order valence-electron chi connectivity index (χ3n) is 6.31. The van der Waals surface area contributed by atoms with Crippen LogP contribution in [0.4, 0.5) is 0 Å². The highest BCUT2D eigenvalue weighted by Gasteiger charge is 2.58. The van der Waals surface area contributed by atoms with Crippen molar-refractivity contribution in [1.82, 2.24) is 0 Å². The lowest BCUT2D eigenvalue weighted by molar-refractivity contribution is -0.438. The van der Waals surface area contributed by atoms with Gasteiger partial charge in [0.15, 0.2) is 5.60 Å². The Hall–Kier alpha value is -2.61. The lowest BCUT2D eigenvalue weighted by atomic mass is 9.85. The van der Waals surface area contributed by atoms with Crippen LogP contribution in [0.2, 0.25) is 0 Å². The van der Waals surface area contributed by atoms with E-state index in [0.717, 1.165) is 37.7 Å². The summed E-state index contributed by atoms with van der Waals surface area (Å²) in [7, 11) is 0. The van der Waals surface area contributed by atoms with E-state index in [1.165, 1.54) is 30.7 Å². The van der Waals surface area contributed by atoms with Crippen LogP contribution in [-0.4, -0.2) is 47.6 Å². The first kappa shape index (κ1) is 30.6. The van der Waals surface area contributed by atoms with Crippen LogP contribution in [0.5, 0.6) is 11.5 Å². The second-order valence-electron chi connectivity index (χ2n) is 9.15. The van der Waals surface area contributed by atoms with E-state index in [0.29, 0.717) is 12.0 Å². The number of unbranched alkanes of at least 4 members (excludes halogenated alkanes) is 5. The third kappa shape index (κ3) is 8.73. The topological polar surface area (TPSA) is 94.5 Å². The van der Waals surface area contributed by atoms with Gasteiger partial charge < -0.3 is 29.2 Å². The monoisotopic (exact) mass is 516 g/mol. The van der Waals surface area contributed by atoms with Gasteiger partial charge in [-0.3, -0.25) is 0 Å². The zero-order valence-corrected chi connectivity index (χ0v) is 22.8. The molecule has 0 aliphatic heterocycles. The first-order valence-electron chi connectivity index (χ1n) is 13.6. The van der Waals surface area contributed by atoms with Crippen LogP contribution < -0.4 is 0 Å². The van der Waals surface area contributed by atoms with Crippen molar-refractivity contribution in [3.05, 3.63) is 59.7 Å². The number of rotatable bonds is 18. The average Bonchev–Trinajstić information content (AvgIpc) is 2.88. The van der Waals surface area contributed by atoms with Gasteiger partial charge in [0.25, 0.3) is 0 Å². The zero-order chi connectivity index (χ0) is 27.2.